The van der Waals surface area contributed by atoms with Crippen LogP contribution in [0.4, 0.5) is 5.82 Å². The van der Waals surface area contributed by atoms with Gasteiger partial charge < -0.3 is 9.73 Å². The van der Waals surface area contributed by atoms with Gasteiger partial charge in [-0.25, -0.2) is 9.67 Å². The average Bonchev–Trinajstić information content (AvgIpc) is 3.38. The first-order valence-corrected chi connectivity index (χ1v) is 9.37. The summed E-state index contributed by atoms with van der Waals surface area (Å²) < 4.78 is 7.32. The molecule has 0 spiro atoms. The van der Waals surface area contributed by atoms with Crippen LogP contribution < -0.4 is 5.32 Å². The number of nitrogens with zero attached hydrogens (tertiary/aromatic N) is 3. The lowest BCUT2D eigenvalue weighted by Gasteiger charge is -2.08. The van der Waals surface area contributed by atoms with Gasteiger partial charge in [0.2, 0.25) is 0 Å². The van der Waals surface area contributed by atoms with Crippen LogP contribution in [0.5, 0.6) is 0 Å². The van der Waals surface area contributed by atoms with Crippen LogP contribution in [0.2, 0.25) is 0 Å². The van der Waals surface area contributed by atoms with Crippen LogP contribution in [0, 0.1) is 13.8 Å². The van der Waals surface area contributed by atoms with Gasteiger partial charge in [-0.1, -0.05) is 29.8 Å². The van der Waals surface area contributed by atoms with Gasteiger partial charge in [0.25, 0.3) is 5.91 Å². The van der Waals surface area contributed by atoms with Crippen LogP contribution in [-0.4, -0.2) is 20.7 Å². The zero-order valence-electron chi connectivity index (χ0n) is 15.0. The molecule has 0 unspecified atom stereocenters. The molecule has 0 atom stereocenters. The highest BCUT2D eigenvalue weighted by Crippen LogP contribution is 2.26. The Balaban J connectivity index is 1.48. The number of carbonyl (C=O) groups excluding carboxylic acids is 1. The summed E-state index contributed by atoms with van der Waals surface area (Å²) in [6.45, 7) is 4.51. The minimum atomic E-state index is -0.272. The molecule has 4 rings (SSSR count). The predicted molar refractivity (Wildman–Crippen MR) is 105 cm³/mol. The topological polar surface area (TPSA) is 73.0 Å². The lowest BCUT2D eigenvalue weighted by atomic mass is 10.1. The fourth-order valence-corrected chi connectivity index (χ4v) is 3.41. The molecule has 3 heterocycles. The summed E-state index contributed by atoms with van der Waals surface area (Å²) in [5.74, 6) is 1.84. The number of thiazole rings is 1. The maximum Gasteiger partial charge on any atom is 0.276 e. The van der Waals surface area contributed by atoms with Crippen molar-refractivity contribution < 1.29 is 9.21 Å². The van der Waals surface area contributed by atoms with Crippen molar-refractivity contribution in [1.82, 2.24) is 14.8 Å². The van der Waals surface area contributed by atoms with E-state index in [1.54, 1.807) is 22.3 Å². The third-order valence-corrected chi connectivity index (χ3v) is 4.96. The largest absolute Gasteiger partial charge is 0.459 e. The molecule has 1 aromatic carbocycles. The van der Waals surface area contributed by atoms with Gasteiger partial charge in [-0.2, -0.15) is 5.10 Å². The molecule has 7 heteroatoms. The molecule has 1 amide bonds. The van der Waals surface area contributed by atoms with Gasteiger partial charge in [-0.3, -0.25) is 4.79 Å². The van der Waals surface area contributed by atoms with Crippen LogP contribution >= 0.6 is 11.3 Å². The molecule has 0 saturated carbocycles. The number of aryl methyl sites for hydroxylation is 2. The maximum atomic E-state index is 12.6. The molecule has 0 aliphatic heterocycles. The van der Waals surface area contributed by atoms with E-state index < -0.39 is 0 Å². The highest BCUT2D eigenvalue weighted by Gasteiger charge is 2.15. The summed E-state index contributed by atoms with van der Waals surface area (Å²) in [5.41, 5.74) is 2.68. The van der Waals surface area contributed by atoms with Gasteiger partial charge in [0.1, 0.15) is 17.3 Å². The van der Waals surface area contributed by atoms with Gasteiger partial charge in [-0.05, 0) is 31.5 Å². The molecule has 0 aliphatic rings. The SMILES string of the molecule is Cc1ccc(Cn2nccc2NC(=O)c2csc(-c3ccc(C)o3)n2)cc1. The third kappa shape index (κ3) is 3.83. The number of furan rings is 1. The summed E-state index contributed by atoms with van der Waals surface area (Å²) in [6, 6.07) is 13.7. The second kappa shape index (κ2) is 7.20. The van der Waals surface area contributed by atoms with Gasteiger partial charge in [0.05, 0.1) is 12.7 Å². The van der Waals surface area contributed by atoms with Crippen LogP contribution in [0.25, 0.3) is 10.8 Å². The van der Waals surface area contributed by atoms with Crippen molar-refractivity contribution in [3.8, 4) is 10.8 Å². The number of carbonyl (C=O) groups is 1. The van der Waals surface area contributed by atoms with E-state index >= 15 is 0 Å². The second-order valence-corrected chi connectivity index (χ2v) is 7.12. The smallest absolute Gasteiger partial charge is 0.276 e. The van der Waals surface area contributed by atoms with E-state index in [9.17, 15) is 4.79 Å². The summed E-state index contributed by atoms with van der Waals surface area (Å²) in [6.07, 6.45) is 1.67. The van der Waals surface area contributed by atoms with E-state index in [1.807, 2.05) is 19.1 Å². The summed E-state index contributed by atoms with van der Waals surface area (Å²) >= 11 is 1.38. The Morgan fingerprint density at radius 2 is 1.96 bits per heavy atom. The van der Waals surface area contributed by atoms with Crippen molar-refractivity contribution in [1.29, 1.82) is 0 Å². The van der Waals surface area contributed by atoms with E-state index in [0.29, 0.717) is 28.8 Å². The van der Waals surface area contributed by atoms with Crippen LogP contribution in [-0.2, 0) is 6.54 Å². The molecule has 1 N–H and O–H groups in total. The quantitative estimate of drug-likeness (QED) is 0.554. The monoisotopic (exact) mass is 378 g/mol. The zero-order valence-corrected chi connectivity index (χ0v) is 15.8. The normalized spacial score (nSPS) is 10.9. The molecule has 0 aliphatic carbocycles. The van der Waals surface area contributed by atoms with Crippen molar-refractivity contribution in [3.05, 3.63) is 76.6 Å². The number of benzene rings is 1. The second-order valence-electron chi connectivity index (χ2n) is 6.26. The first-order valence-electron chi connectivity index (χ1n) is 8.49. The lowest BCUT2D eigenvalue weighted by Crippen LogP contribution is -2.16. The Kier molecular flexibility index (Phi) is 4.60. The third-order valence-electron chi connectivity index (χ3n) is 4.10. The minimum Gasteiger partial charge on any atom is -0.459 e. The first-order chi connectivity index (χ1) is 13.1. The highest BCUT2D eigenvalue weighted by atomic mass is 32.1. The highest BCUT2D eigenvalue weighted by molar-refractivity contribution is 7.13. The van der Waals surface area contributed by atoms with Gasteiger partial charge in [-0.15, -0.1) is 11.3 Å². The van der Waals surface area contributed by atoms with Crippen LogP contribution in [0.3, 0.4) is 0 Å². The van der Waals surface area contributed by atoms with Crippen molar-refractivity contribution in [3.63, 3.8) is 0 Å². The average molecular weight is 378 g/mol. The summed E-state index contributed by atoms with van der Waals surface area (Å²) in [7, 11) is 0. The fraction of sp³-hybridized carbons (Fsp3) is 0.150. The standard InChI is InChI=1S/C20H18N4O2S/c1-13-3-6-15(7-4-13)11-24-18(9-10-21-24)23-19(25)16-12-27-20(22-16)17-8-5-14(2)26-17/h3-10,12H,11H2,1-2H3,(H,23,25). The molecule has 0 fully saturated rings. The molecule has 0 radical (unpaired) electrons. The summed E-state index contributed by atoms with van der Waals surface area (Å²) in [4.78, 5) is 17.0. The summed E-state index contributed by atoms with van der Waals surface area (Å²) in [5, 5.41) is 9.60. The van der Waals surface area contributed by atoms with E-state index in [-0.39, 0.29) is 5.91 Å². The first kappa shape index (κ1) is 17.2. The van der Waals surface area contributed by atoms with Crippen molar-refractivity contribution in [2.45, 2.75) is 20.4 Å². The molecule has 27 heavy (non-hydrogen) atoms. The van der Waals surface area contributed by atoms with Crippen LogP contribution in [0.15, 0.2) is 58.5 Å². The molecule has 0 saturated heterocycles. The minimum absolute atomic E-state index is 0.272. The number of nitrogens with one attached hydrogen (secondary N) is 1. The number of hydrogen-bond acceptors (Lipinski definition) is 5. The van der Waals surface area contributed by atoms with E-state index in [0.717, 1.165) is 11.3 Å². The number of hydrogen-bond donors (Lipinski definition) is 1. The zero-order chi connectivity index (χ0) is 18.8. The number of aromatic nitrogens is 3. The fourth-order valence-electron chi connectivity index (χ4n) is 2.65. The van der Waals surface area contributed by atoms with Gasteiger partial charge >= 0.3 is 0 Å². The predicted octanol–water partition coefficient (Wildman–Crippen LogP) is 4.52. The number of anilines is 1. The van der Waals surface area contributed by atoms with Crippen molar-refractivity contribution in [2.75, 3.05) is 5.32 Å². The Hall–Kier alpha value is -3.19. The number of amides is 1. The number of rotatable bonds is 5. The molecular formula is C20H18N4O2S. The Bertz CT molecular complexity index is 1080. The molecule has 0 bridgehead atoms. The lowest BCUT2D eigenvalue weighted by molar-refractivity contribution is 0.102. The van der Waals surface area contributed by atoms with E-state index in [1.165, 1.54) is 16.9 Å². The molecule has 3 aromatic heterocycles. The van der Waals surface area contributed by atoms with Gasteiger partial charge in [0, 0.05) is 11.4 Å². The molecular weight excluding hydrogens is 360 g/mol. The maximum absolute atomic E-state index is 12.6. The van der Waals surface area contributed by atoms with E-state index in [4.69, 9.17) is 4.42 Å². The van der Waals surface area contributed by atoms with Crippen LogP contribution in [0.1, 0.15) is 27.4 Å². The van der Waals surface area contributed by atoms with E-state index in [2.05, 4.69) is 46.6 Å². The molecule has 4 aromatic rings. The molecule has 6 nitrogen and oxygen atoms in total. The molecule has 136 valence electrons. The Morgan fingerprint density at radius 3 is 2.70 bits per heavy atom. The van der Waals surface area contributed by atoms with Crippen molar-refractivity contribution in [2.24, 2.45) is 0 Å². The Morgan fingerprint density at radius 1 is 1.15 bits per heavy atom. The van der Waals surface area contributed by atoms with Gasteiger partial charge in [0.15, 0.2) is 10.8 Å². The van der Waals surface area contributed by atoms with Crippen molar-refractivity contribution >= 4 is 23.1 Å². The Labute approximate surface area is 160 Å².